The predicted octanol–water partition coefficient (Wildman–Crippen LogP) is 3.08. The van der Waals surface area contributed by atoms with Gasteiger partial charge >= 0.3 is 0 Å². The van der Waals surface area contributed by atoms with Crippen LogP contribution in [-0.2, 0) is 20.0 Å². The van der Waals surface area contributed by atoms with Crippen LogP contribution in [0.25, 0.3) is 0 Å². The van der Waals surface area contributed by atoms with Gasteiger partial charge < -0.3 is 10.2 Å². The van der Waals surface area contributed by atoms with Gasteiger partial charge in [-0.15, -0.1) is 24.0 Å². The van der Waals surface area contributed by atoms with Crippen LogP contribution in [0.1, 0.15) is 11.1 Å². The average molecular weight is 466 g/mol. The topological polar surface area (TPSA) is 45.5 Å². The third-order valence-corrected chi connectivity index (χ3v) is 3.80. The second-order valence-electron chi connectivity index (χ2n) is 5.34. The molecule has 1 aromatic carbocycles. The standard InChI is InChI=1S/C16H21ClFN5.HI/c1-19-16(22(2)10-12-9-21-23(3)11-12)20-7-6-13-4-5-14(18)8-15(13)17;/h4-5,8-9,11H,6-7,10H2,1-3H3,(H,19,20);1H. The zero-order valence-corrected chi connectivity index (χ0v) is 17.0. The summed E-state index contributed by atoms with van der Waals surface area (Å²) >= 11 is 6.03. The van der Waals surface area contributed by atoms with Crippen LogP contribution in [0.5, 0.6) is 0 Å². The highest BCUT2D eigenvalue weighted by molar-refractivity contribution is 14.0. The largest absolute Gasteiger partial charge is 0.356 e. The first-order valence-electron chi connectivity index (χ1n) is 7.33. The van der Waals surface area contributed by atoms with E-state index in [0.717, 1.165) is 17.1 Å². The van der Waals surface area contributed by atoms with Gasteiger partial charge in [-0.2, -0.15) is 5.10 Å². The molecular weight excluding hydrogens is 444 g/mol. The highest BCUT2D eigenvalue weighted by Gasteiger charge is 2.08. The van der Waals surface area contributed by atoms with Crippen molar-refractivity contribution < 1.29 is 4.39 Å². The van der Waals surface area contributed by atoms with Crippen LogP contribution in [0.15, 0.2) is 35.6 Å². The van der Waals surface area contributed by atoms with Gasteiger partial charge in [0.05, 0.1) is 6.20 Å². The Hall–Kier alpha value is -1.35. The second kappa shape index (κ2) is 9.83. The minimum absolute atomic E-state index is 0. The molecule has 132 valence electrons. The van der Waals surface area contributed by atoms with Crippen molar-refractivity contribution in [1.82, 2.24) is 20.0 Å². The lowest BCUT2D eigenvalue weighted by atomic mass is 10.1. The van der Waals surface area contributed by atoms with Crippen LogP contribution in [0, 0.1) is 5.82 Å². The number of benzene rings is 1. The molecule has 8 heteroatoms. The molecular formula is C16H22ClFIN5. The first kappa shape index (κ1) is 20.7. The van der Waals surface area contributed by atoms with Gasteiger partial charge in [-0.1, -0.05) is 17.7 Å². The molecule has 0 spiro atoms. The minimum atomic E-state index is -0.321. The van der Waals surface area contributed by atoms with Crippen LogP contribution in [0.4, 0.5) is 4.39 Å². The molecule has 1 aromatic heterocycles. The number of aromatic nitrogens is 2. The number of halogens is 3. The Kier molecular flexibility index (Phi) is 8.47. The number of guanidine groups is 1. The van der Waals surface area contributed by atoms with Gasteiger partial charge in [0.15, 0.2) is 5.96 Å². The van der Waals surface area contributed by atoms with Gasteiger partial charge in [-0.25, -0.2) is 4.39 Å². The van der Waals surface area contributed by atoms with E-state index >= 15 is 0 Å². The Morgan fingerprint density at radius 2 is 2.21 bits per heavy atom. The number of nitrogens with zero attached hydrogens (tertiary/aromatic N) is 4. The fourth-order valence-electron chi connectivity index (χ4n) is 2.32. The van der Waals surface area contributed by atoms with E-state index in [-0.39, 0.29) is 29.8 Å². The van der Waals surface area contributed by atoms with E-state index in [0.29, 0.717) is 24.5 Å². The minimum Gasteiger partial charge on any atom is -0.356 e. The first-order valence-corrected chi connectivity index (χ1v) is 7.70. The van der Waals surface area contributed by atoms with Gasteiger partial charge in [0.1, 0.15) is 5.82 Å². The third kappa shape index (κ3) is 5.94. The Balaban J connectivity index is 0.00000288. The molecule has 5 nitrogen and oxygen atoms in total. The molecule has 0 radical (unpaired) electrons. The summed E-state index contributed by atoms with van der Waals surface area (Å²) in [6.07, 6.45) is 4.50. The SMILES string of the molecule is CN=C(NCCc1ccc(F)cc1Cl)N(C)Cc1cnn(C)c1.I. The highest BCUT2D eigenvalue weighted by atomic mass is 127. The summed E-state index contributed by atoms with van der Waals surface area (Å²) in [4.78, 5) is 6.29. The fraction of sp³-hybridized carbons (Fsp3) is 0.375. The van der Waals surface area contributed by atoms with E-state index in [1.807, 2.05) is 31.4 Å². The van der Waals surface area contributed by atoms with E-state index in [4.69, 9.17) is 11.6 Å². The van der Waals surface area contributed by atoms with Crippen molar-refractivity contribution in [2.75, 3.05) is 20.6 Å². The Morgan fingerprint density at radius 1 is 1.46 bits per heavy atom. The van der Waals surface area contributed by atoms with Crippen LogP contribution in [0.2, 0.25) is 5.02 Å². The van der Waals surface area contributed by atoms with Crippen molar-refractivity contribution in [3.05, 3.63) is 52.6 Å². The highest BCUT2D eigenvalue weighted by Crippen LogP contribution is 2.17. The summed E-state index contributed by atoms with van der Waals surface area (Å²) in [5.41, 5.74) is 2.02. The molecule has 0 saturated heterocycles. The van der Waals surface area contributed by atoms with Crippen LogP contribution in [-0.4, -0.2) is 41.3 Å². The Morgan fingerprint density at radius 3 is 2.79 bits per heavy atom. The van der Waals surface area contributed by atoms with Crippen molar-refractivity contribution in [3.8, 4) is 0 Å². The van der Waals surface area contributed by atoms with E-state index in [9.17, 15) is 4.39 Å². The summed E-state index contributed by atoms with van der Waals surface area (Å²) in [6.45, 7) is 1.38. The van der Waals surface area contributed by atoms with Crippen molar-refractivity contribution in [3.63, 3.8) is 0 Å². The molecule has 0 fully saturated rings. The predicted molar refractivity (Wildman–Crippen MR) is 107 cm³/mol. The molecule has 0 aliphatic heterocycles. The molecule has 0 aliphatic rings. The van der Waals surface area contributed by atoms with Gasteiger partial charge in [-0.3, -0.25) is 9.67 Å². The van der Waals surface area contributed by atoms with E-state index in [1.54, 1.807) is 17.8 Å². The monoisotopic (exact) mass is 465 g/mol. The van der Waals surface area contributed by atoms with Crippen molar-refractivity contribution >= 4 is 41.5 Å². The smallest absolute Gasteiger partial charge is 0.193 e. The van der Waals surface area contributed by atoms with E-state index < -0.39 is 0 Å². The zero-order valence-electron chi connectivity index (χ0n) is 14.0. The van der Waals surface area contributed by atoms with Gasteiger partial charge in [0.25, 0.3) is 0 Å². The number of hydrogen-bond donors (Lipinski definition) is 1. The van der Waals surface area contributed by atoms with Crippen molar-refractivity contribution in [1.29, 1.82) is 0 Å². The average Bonchev–Trinajstić information content (AvgIpc) is 2.90. The molecule has 1 heterocycles. The molecule has 0 saturated carbocycles. The number of aliphatic imine (C=N–C) groups is 1. The summed E-state index contributed by atoms with van der Waals surface area (Å²) in [6, 6.07) is 4.46. The molecule has 24 heavy (non-hydrogen) atoms. The van der Waals surface area contributed by atoms with Crippen molar-refractivity contribution in [2.24, 2.45) is 12.0 Å². The van der Waals surface area contributed by atoms with Gasteiger partial charge in [-0.05, 0) is 24.1 Å². The summed E-state index contributed by atoms with van der Waals surface area (Å²) < 4.78 is 14.8. The zero-order chi connectivity index (χ0) is 16.8. The van der Waals surface area contributed by atoms with Gasteiger partial charge in [0.2, 0.25) is 0 Å². The van der Waals surface area contributed by atoms with E-state index in [2.05, 4.69) is 15.4 Å². The summed E-state index contributed by atoms with van der Waals surface area (Å²) in [5.74, 6) is 0.464. The Labute approximate surface area is 163 Å². The number of nitrogens with one attached hydrogen (secondary N) is 1. The van der Waals surface area contributed by atoms with E-state index in [1.165, 1.54) is 12.1 Å². The quantitative estimate of drug-likeness (QED) is 0.419. The molecule has 0 atom stereocenters. The third-order valence-electron chi connectivity index (χ3n) is 3.44. The normalized spacial score (nSPS) is 11.1. The maximum Gasteiger partial charge on any atom is 0.193 e. The first-order chi connectivity index (χ1) is 11.0. The molecule has 0 bridgehead atoms. The lowest BCUT2D eigenvalue weighted by Gasteiger charge is -2.21. The molecule has 0 amide bonds. The molecule has 0 unspecified atom stereocenters. The summed E-state index contributed by atoms with van der Waals surface area (Å²) in [5, 5.41) is 7.89. The lowest BCUT2D eigenvalue weighted by Crippen LogP contribution is -2.39. The fourth-order valence-corrected chi connectivity index (χ4v) is 2.58. The molecule has 1 N–H and O–H groups in total. The molecule has 2 rings (SSSR count). The van der Waals surface area contributed by atoms with Crippen molar-refractivity contribution in [2.45, 2.75) is 13.0 Å². The maximum absolute atomic E-state index is 13.0. The van der Waals surface area contributed by atoms with Gasteiger partial charge in [0, 0.05) is 51.0 Å². The lowest BCUT2D eigenvalue weighted by molar-refractivity contribution is 0.477. The van der Waals surface area contributed by atoms with Crippen LogP contribution >= 0.6 is 35.6 Å². The number of hydrogen-bond acceptors (Lipinski definition) is 2. The van der Waals surface area contributed by atoms with Crippen LogP contribution in [0.3, 0.4) is 0 Å². The van der Waals surface area contributed by atoms with Crippen LogP contribution < -0.4 is 5.32 Å². The molecule has 2 aromatic rings. The molecule has 0 aliphatic carbocycles. The number of rotatable bonds is 5. The Bertz CT molecular complexity index is 689. The maximum atomic E-state index is 13.0. The second-order valence-corrected chi connectivity index (χ2v) is 5.75. The number of aryl methyl sites for hydroxylation is 1. The summed E-state index contributed by atoms with van der Waals surface area (Å²) in [7, 11) is 5.60.